The Morgan fingerprint density at radius 3 is 2.65 bits per heavy atom. The molecular weight excluding hydrogens is 403 g/mol. The van der Waals surface area contributed by atoms with Crippen LogP contribution in [0.2, 0.25) is 0 Å². The number of halogens is 1. The maximum absolute atomic E-state index is 11.9. The number of aromatic hydroxyl groups is 1. The van der Waals surface area contributed by atoms with Crippen LogP contribution in [0.5, 0.6) is 11.5 Å². The van der Waals surface area contributed by atoms with Crippen molar-refractivity contribution in [1.29, 1.82) is 0 Å². The van der Waals surface area contributed by atoms with E-state index in [2.05, 4.69) is 28.7 Å². The minimum absolute atomic E-state index is 0.0359. The van der Waals surface area contributed by atoms with Gasteiger partial charge < -0.3 is 9.84 Å². The van der Waals surface area contributed by atoms with Crippen LogP contribution in [0.3, 0.4) is 0 Å². The van der Waals surface area contributed by atoms with Gasteiger partial charge in [0.2, 0.25) is 0 Å². The standard InChI is InChI=1S/C19H21IO3/c1-12(2)17(21)10-15-7-8-18(13(3)19(15)22)23-11-14-5-4-6-16(20)9-14/h4-9,12,22H,10-11H2,1-3H3. The molecule has 0 aliphatic heterocycles. The summed E-state index contributed by atoms with van der Waals surface area (Å²) in [5, 5.41) is 10.3. The Kier molecular flexibility index (Phi) is 6.04. The van der Waals surface area contributed by atoms with Gasteiger partial charge in [-0.2, -0.15) is 0 Å². The van der Waals surface area contributed by atoms with E-state index < -0.39 is 0 Å². The van der Waals surface area contributed by atoms with Crippen LogP contribution in [-0.2, 0) is 17.8 Å². The lowest BCUT2D eigenvalue weighted by molar-refractivity contribution is -0.121. The average molecular weight is 424 g/mol. The molecule has 0 amide bonds. The minimum atomic E-state index is -0.0359. The van der Waals surface area contributed by atoms with Gasteiger partial charge in [-0.3, -0.25) is 4.79 Å². The van der Waals surface area contributed by atoms with Gasteiger partial charge in [-0.05, 0) is 53.3 Å². The Morgan fingerprint density at radius 2 is 2.00 bits per heavy atom. The van der Waals surface area contributed by atoms with E-state index in [4.69, 9.17) is 4.74 Å². The summed E-state index contributed by atoms with van der Waals surface area (Å²) in [6.45, 7) is 5.99. The molecule has 0 bridgehead atoms. The van der Waals surface area contributed by atoms with Gasteiger partial charge in [-0.25, -0.2) is 0 Å². The topological polar surface area (TPSA) is 46.5 Å². The van der Waals surface area contributed by atoms with Crippen molar-refractivity contribution in [3.63, 3.8) is 0 Å². The van der Waals surface area contributed by atoms with Crippen molar-refractivity contribution in [1.82, 2.24) is 0 Å². The number of phenolic OH excluding ortho intramolecular Hbond substituents is 1. The number of carbonyl (C=O) groups is 1. The van der Waals surface area contributed by atoms with Crippen LogP contribution < -0.4 is 4.74 Å². The maximum Gasteiger partial charge on any atom is 0.139 e. The number of hydrogen-bond acceptors (Lipinski definition) is 3. The molecule has 0 aliphatic carbocycles. The molecule has 0 saturated heterocycles. The summed E-state index contributed by atoms with van der Waals surface area (Å²) in [4.78, 5) is 11.9. The van der Waals surface area contributed by atoms with E-state index in [1.165, 1.54) is 0 Å². The van der Waals surface area contributed by atoms with Crippen molar-refractivity contribution in [3.8, 4) is 11.5 Å². The summed E-state index contributed by atoms with van der Waals surface area (Å²) in [7, 11) is 0. The normalized spacial score (nSPS) is 10.8. The van der Waals surface area contributed by atoms with Gasteiger partial charge in [0.1, 0.15) is 23.9 Å². The molecule has 0 atom stereocenters. The van der Waals surface area contributed by atoms with E-state index in [1.807, 2.05) is 45.0 Å². The van der Waals surface area contributed by atoms with Gasteiger partial charge in [-0.1, -0.05) is 32.0 Å². The number of rotatable bonds is 6. The first kappa shape index (κ1) is 17.8. The fourth-order valence-corrected chi connectivity index (χ4v) is 2.82. The van der Waals surface area contributed by atoms with Gasteiger partial charge in [0.25, 0.3) is 0 Å². The maximum atomic E-state index is 11.9. The van der Waals surface area contributed by atoms with Gasteiger partial charge in [-0.15, -0.1) is 0 Å². The number of Topliss-reactive ketones (excluding diaryl/α,β-unsaturated/α-hetero) is 1. The largest absolute Gasteiger partial charge is 0.507 e. The zero-order valence-corrected chi connectivity index (χ0v) is 15.8. The third-order valence-corrected chi connectivity index (χ3v) is 4.43. The van der Waals surface area contributed by atoms with Gasteiger partial charge in [0.05, 0.1) is 0 Å². The molecule has 0 unspecified atom stereocenters. The van der Waals surface area contributed by atoms with Crippen molar-refractivity contribution >= 4 is 28.4 Å². The predicted octanol–water partition coefficient (Wildman–Crippen LogP) is 4.65. The highest BCUT2D eigenvalue weighted by atomic mass is 127. The third-order valence-electron chi connectivity index (χ3n) is 3.76. The number of ether oxygens (including phenoxy) is 1. The summed E-state index contributed by atoms with van der Waals surface area (Å²) >= 11 is 2.26. The Hall–Kier alpha value is -1.56. The second kappa shape index (κ2) is 7.81. The summed E-state index contributed by atoms with van der Waals surface area (Å²) in [5.74, 6) is 0.875. The molecule has 0 saturated carbocycles. The molecule has 4 heteroatoms. The molecule has 122 valence electrons. The molecule has 2 aromatic carbocycles. The number of hydrogen-bond donors (Lipinski definition) is 1. The average Bonchev–Trinajstić information content (AvgIpc) is 2.51. The summed E-state index contributed by atoms with van der Waals surface area (Å²) in [6, 6.07) is 11.7. The fraction of sp³-hybridized carbons (Fsp3) is 0.316. The van der Waals surface area contributed by atoms with E-state index >= 15 is 0 Å². The Labute approximate surface area is 150 Å². The SMILES string of the molecule is Cc1c(OCc2cccc(I)c2)ccc(CC(=O)C(C)C)c1O. The first-order valence-corrected chi connectivity index (χ1v) is 8.67. The number of carbonyl (C=O) groups excluding carboxylic acids is 1. The molecule has 0 fully saturated rings. The molecule has 23 heavy (non-hydrogen) atoms. The highest BCUT2D eigenvalue weighted by molar-refractivity contribution is 14.1. The van der Waals surface area contributed by atoms with Crippen LogP contribution in [0.4, 0.5) is 0 Å². The van der Waals surface area contributed by atoms with Crippen molar-refractivity contribution in [2.75, 3.05) is 0 Å². The molecule has 3 nitrogen and oxygen atoms in total. The van der Waals surface area contributed by atoms with E-state index in [1.54, 1.807) is 6.07 Å². The van der Waals surface area contributed by atoms with Crippen LogP contribution in [0.25, 0.3) is 0 Å². The van der Waals surface area contributed by atoms with Gasteiger partial charge in [0.15, 0.2) is 0 Å². The third kappa shape index (κ3) is 4.70. The first-order valence-electron chi connectivity index (χ1n) is 7.60. The van der Waals surface area contributed by atoms with Crippen molar-refractivity contribution in [2.45, 2.75) is 33.8 Å². The minimum Gasteiger partial charge on any atom is -0.507 e. The Balaban J connectivity index is 2.12. The van der Waals surface area contributed by atoms with Crippen molar-refractivity contribution < 1.29 is 14.6 Å². The molecule has 2 rings (SSSR count). The van der Waals surface area contributed by atoms with E-state index in [0.717, 1.165) is 9.13 Å². The second-order valence-electron chi connectivity index (χ2n) is 5.91. The van der Waals surface area contributed by atoms with Crippen molar-refractivity contribution in [3.05, 3.63) is 56.7 Å². The molecule has 0 aromatic heterocycles. The smallest absolute Gasteiger partial charge is 0.139 e. The van der Waals surface area contributed by atoms with Crippen LogP contribution in [0.15, 0.2) is 36.4 Å². The van der Waals surface area contributed by atoms with Crippen LogP contribution >= 0.6 is 22.6 Å². The summed E-state index contributed by atoms with van der Waals surface area (Å²) < 4.78 is 6.98. The number of benzene rings is 2. The van der Waals surface area contributed by atoms with E-state index in [0.29, 0.717) is 23.5 Å². The zero-order chi connectivity index (χ0) is 17.0. The second-order valence-corrected chi connectivity index (χ2v) is 7.16. The lowest BCUT2D eigenvalue weighted by Crippen LogP contribution is -2.10. The highest BCUT2D eigenvalue weighted by Crippen LogP contribution is 2.31. The molecular formula is C19H21IO3. The van der Waals surface area contributed by atoms with Gasteiger partial charge in [0, 0.05) is 27.0 Å². The quantitative estimate of drug-likeness (QED) is 0.687. The zero-order valence-electron chi connectivity index (χ0n) is 13.6. The molecule has 1 N–H and O–H groups in total. The molecule has 0 radical (unpaired) electrons. The highest BCUT2D eigenvalue weighted by Gasteiger charge is 2.15. The van der Waals surface area contributed by atoms with Crippen LogP contribution in [0.1, 0.15) is 30.5 Å². The molecule has 0 aliphatic rings. The predicted molar refractivity (Wildman–Crippen MR) is 99.9 cm³/mol. The summed E-state index contributed by atoms with van der Waals surface area (Å²) in [5.41, 5.74) is 2.40. The van der Waals surface area contributed by atoms with E-state index in [-0.39, 0.29) is 23.9 Å². The number of ketones is 1. The molecule has 0 heterocycles. The Bertz CT molecular complexity index is 708. The fourth-order valence-electron chi connectivity index (χ4n) is 2.22. The lowest BCUT2D eigenvalue weighted by atomic mass is 9.98. The Morgan fingerprint density at radius 1 is 1.26 bits per heavy atom. The van der Waals surface area contributed by atoms with Gasteiger partial charge >= 0.3 is 0 Å². The van der Waals surface area contributed by atoms with Crippen molar-refractivity contribution in [2.24, 2.45) is 5.92 Å². The lowest BCUT2D eigenvalue weighted by Gasteiger charge is -2.14. The molecule has 0 spiro atoms. The summed E-state index contributed by atoms with van der Waals surface area (Å²) in [6.07, 6.45) is 0.251. The molecule has 2 aromatic rings. The first-order chi connectivity index (χ1) is 10.9. The van der Waals surface area contributed by atoms with E-state index in [9.17, 15) is 9.90 Å². The monoisotopic (exact) mass is 424 g/mol. The van der Waals surface area contributed by atoms with Crippen LogP contribution in [-0.4, -0.2) is 10.9 Å². The van der Waals surface area contributed by atoms with Crippen LogP contribution in [0, 0.1) is 16.4 Å². The number of phenols is 1.